The molecule has 6 heteroatoms. The van der Waals surface area contributed by atoms with Crippen molar-refractivity contribution in [3.63, 3.8) is 0 Å². The number of carbonyl (C=O) groups is 1. The Kier molecular flexibility index (Phi) is 5.04. The molecule has 1 heterocycles. The summed E-state index contributed by atoms with van der Waals surface area (Å²) in [6.07, 6.45) is 0. The van der Waals surface area contributed by atoms with Crippen molar-refractivity contribution in [3.05, 3.63) is 46.8 Å². The largest absolute Gasteiger partial charge is 0.496 e. The third-order valence-corrected chi connectivity index (χ3v) is 3.64. The molecule has 0 atom stereocenters. The molecule has 1 aromatic heterocycles. The minimum Gasteiger partial charge on any atom is -0.496 e. The highest BCUT2D eigenvalue weighted by molar-refractivity contribution is 5.74. The number of benzene rings is 1. The first-order valence-electron chi connectivity index (χ1n) is 7.14. The van der Waals surface area contributed by atoms with E-state index in [9.17, 15) is 4.79 Å². The Morgan fingerprint density at radius 2 is 2.09 bits per heavy atom. The van der Waals surface area contributed by atoms with Crippen LogP contribution in [0.4, 0.5) is 4.79 Å². The maximum absolute atomic E-state index is 12.2. The van der Waals surface area contributed by atoms with Crippen LogP contribution in [0.5, 0.6) is 5.75 Å². The highest BCUT2D eigenvalue weighted by atomic mass is 16.5. The first-order valence-corrected chi connectivity index (χ1v) is 7.14. The summed E-state index contributed by atoms with van der Waals surface area (Å²) in [7, 11) is 3.39. The monoisotopic (exact) mass is 302 g/mol. The lowest BCUT2D eigenvalue weighted by molar-refractivity contribution is 0.206. The highest BCUT2D eigenvalue weighted by Crippen LogP contribution is 2.18. The number of aromatic amines is 1. The van der Waals surface area contributed by atoms with Gasteiger partial charge < -0.3 is 15.0 Å². The van der Waals surface area contributed by atoms with E-state index in [-0.39, 0.29) is 6.03 Å². The lowest BCUT2D eigenvalue weighted by atomic mass is 10.2. The molecule has 1 aromatic carbocycles. The zero-order chi connectivity index (χ0) is 16.1. The Hall–Kier alpha value is -2.50. The average Bonchev–Trinajstić information content (AvgIpc) is 2.84. The number of nitrogens with zero attached hydrogens (tertiary/aromatic N) is 2. The summed E-state index contributed by atoms with van der Waals surface area (Å²) in [6, 6.07) is 7.55. The van der Waals surface area contributed by atoms with Gasteiger partial charge in [0.1, 0.15) is 5.75 Å². The number of amides is 2. The molecule has 0 spiro atoms. The second-order valence-corrected chi connectivity index (χ2v) is 5.24. The van der Waals surface area contributed by atoms with Crippen LogP contribution in [0.15, 0.2) is 24.3 Å². The van der Waals surface area contributed by atoms with Crippen LogP contribution >= 0.6 is 0 Å². The lowest BCUT2D eigenvalue weighted by Gasteiger charge is -2.19. The van der Waals surface area contributed by atoms with Gasteiger partial charge in [-0.25, -0.2) is 4.79 Å². The van der Waals surface area contributed by atoms with E-state index < -0.39 is 0 Å². The van der Waals surface area contributed by atoms with Crippen LogP contribution in [0.3, 0.4) is 0 Å². The molecular formula is C16H22N4O2. The van der Waals surface area contributed by atoms with Crippen LogP contribution in [0.2, 0.25) is 0 Å². The van der Waals surface area contributed by atoms with Gasteiger partial charge in [0.2, 0.25) is 0 Å². The SMILES string of the molecule is COc1ccccc1CN(C)C(=O)NCc1c(C)n[nH]c1C. The van der Waals surface area contributed by atoms with Crippen LogP contribution in [-0.4, -0.2) is 35.3 Å². The number of aryl methyl sites for hydroxylation is 2. The number of nitrogens with one attached hydrogen (secondary N) is 2. The van der Waals surface area contributed by atoms with Gasteiger partial charge in [-0.1, -0.05) is 18.2 Å². The molecule has 2 rings (SSSR count). The standard InChI is InChI=1S/C16H22N4O2/c1-11-14(12(2)19-18-11)9-17-16(21)20(3)10-13-7-5-6-8-15(13)22-4/h5-8H,9-10H2,1-4H3,(H,17,21)(H,18,19). The summed E-state index contributed by atoms with van der Waals surface area (Å²) in [6.45, 7) is 4.81. The number of hydrogen-bond donors (Lipinski definition) is 2. The zero-order valence-electron chi connectivity index (χ0n) is 13.4. The van der Waals surface area contributed by atoms with E-state index in [1.807, 2.05) is 38.1 Å². The van der Waals surface area contributed by atoms with Gasteiger partial charge in [0, 0.05) is 30.4 Å². The molecule has 2 aromatic rings. The van der Waals surface area contributed by atoms with Crippen molar-refractivity contribution in [1.82, 2.24) is 20.4 Å². The Balaban J connectivity index is 1.95. The van der Waals surface area contributed by atoms with Crippen LogP contribution < -0.4 is 10.1 Å². The molecule has 0 radical (unpaired) electrons. The summed E-state index contributed by atoms with van der Waals surface area (Å²) in [5.74, 6) is 0.781. The van der Waals surface area contributed by atoms with E-state index in [4.69, 9.17) is 4.74 Å². The predicted molar refractivity (Wildman–Crippen MR) is 84.8 cm³/mol. The molecule has 2 amide bonds. The summed E-state index contributed by atoms with van der Waals surface area (Å²) in [4.78, 5) is 13.8. The van der Waals surface area contributed by atoms with E-state index in [2.05, 4.69) is 15.5 Å². The Morgan fingerprint density at radius 1 is 1.36 bits per heavy atom. The molecule has 0 unspecified atom stereocenters. The number of rotatable bonds is 5. The molecule has 118 valence electrons. The fraction of sp³-hybridized carbons (Fsp3) is 0.375. The Bertz CT molecular complexity index is 632. The smallest absolute Gasteiger partial charge is 0.317 e. The molecule has 0 aliphatic heterocycles. The number of aromatic nitrogens is 2. The number of para-hydroxylation sites is 1. The van der Waals surface area contributed by atoms with Crippen molar-refractivity contribution in [3.8, 4) is 5.75 Å². The molecule has 22 heavy (non-hydrogen) atoms. The van der Waals surface area contributed by atoms with E-state index in [1.165, 1.54) is 0 Å². The number of hydrogen-bond acceptors (Lipinski definition) is 3. The molecule has 6 nitrogen and oxygen atoms in total. The van der Waals surface area contributed by atoms with Gasteiger partial charge in [-0.15, -0.1) is 0 Å². The van der Waals surface area contributed by atoms with Gasteiger partial charge in [-0.2, -0.15) is 5.10 Å². The van der Waals surface area contributed by atoms with Crippen molar-refractivity contribution in [2.45, 2.75) is 26.9 Å². The zero-order valence-corrected chi connectivity index (χ0v) is 13.4. The third kappa shape index (κ3) is 3.58. The molecule has 0 bridgehead atoms. The minimum atomic E-state index is -0.133. The summed E-state index contributed by atoms with van der Waals surface area (Å²) < 4.78 is 5.31. The number of urea groups is 1. The molecular weight excluding hydrogens is 280 g/mol. The normalized spacial score (nSPS) is 10.4. The highest BCUT2D eigenvalue weighted by Gasteiger charge is 2.13. The van der Waals surface area contributed by atoms with Gasteiger partial charge in [0.25, 0.3) is 0 Å². The number of ether oxygens (including phenoxy) is 1. The van der Waals surface area contributed by atoms with Gasteiger partial charge >= 0.3 is 6.03 Å². The molecule has 0 saturated carbocycles. The van der Waals surface area contributed by atoms with Crippen molar-refractivity contribution in [2.24, 2.45) is 0 Å². The summed E-state index contributed by atoms with van der Waals surface area (Å²) >= 11 is 0. The fourth-order valence-corrected chi connectivity index (χ4v) is 2.29. The van der Waals surface area contributed by atoms with Crippen LogP contribution in [0.1, 0.15) is 22.5 Å². The molecule has 2 N–H and O–H groups in total. The maximum atomic E-state index is 12.2. The fourth-order valence-electron chi connectivity index (χ4n) is 2.29. The van der Waals surface area contributed by atoms with Gasteiger partial charge in [0.15, 0.2) is 0 Å². The van der Waals surface area contributed by atoms with E-state index in [0.717, 1.165) is 28.3 Å². The first-order chi connectivity index (χ1) is 10.5. The Morgan fingerprint density at radius 3 is 2.73 bits per heavy atom. The van der Waals surface area contributed by atoms with Gasteiger partial charge in [0.05, 0.1) is 19.3 Å². The van der Waals surface area contributed by atoms with Crippen molar-refractivity contribution < 1.29 is 9.53 Å². The number of H-pyrrole nitrogens is 1. The number of methoxy groups -OCH3 is 1. The number of carbonyl (C=O) groups excluding carboxylic acids is 1. The third-order valence-electron chi connectivity index (χ3n) is 3.64. The van der Waals surface area contributed by atoms with E-state index in [0.29, 0.717) is 13.1 Å². The topological polar surface area (TPSA) is 70.2 Å². The van der Waals surface area contributed by atoms with Crippen molar-refractivity contribution >= 4 is 6.03 Å². The van der Waals surface area contributed by atoms with Gasteiger partial charge in [-0.05, 0) is 19.9 Å². The first kappa shape index (κ1) is 15.9. The van der Waals surface area contributed by atoms with Crippen LogP contribution in [0.25, 0.3) is 0 Å². The van der Waals surface area contributed by atoms with Crippen LogP contribution in [0, 0.1) is 13.8 Å². The molecule has 0 fully saturated rings. The predicted octanol–water partition coefficient (Wildman–Crippen LogP) is 2.38. The minimum absolute atomic E-state index is 0.133. The molecule has 0 saturated heterocycles. The van der Waals surface area contributed by atoms with Crippen LogP contribution in [-0.2, 0) is 13.1 Å². The van der Waals surface area contributed by atoms with E-state index in [1.54, 1.807) is 19.1 Å². The van der Waals surface area contributed by atoms with E-state index >= 15 is 0 Å². The lowest BCUT2D eigenvalue weighted by Crippen LogP contribution is -2.36. The molecule has 0 aliphatic rings. The van der Waals surface area contributed by atoms with Gasteiger partial charge in [-0.3, -0.25) is 5.10 Å². The average molecular weight is 302 g/mol. The van der Waals surface area contributed by atoms with Crippen molar-refractivity contribution in [1.29, 1.82) is 0 Å². The second-order valence-electron chi connectivity index (χ2n) is 5.24. The summed E-state index contributed by atoms with van der Waals surface area (Å²) in [5.41, 5.74) is 3.88. The maximum Gasteiger partial charge on any atom is 0.317 e. The second kappa shape index (κ2) is 6.98. The summed E-state index contributed by atoms with van der Waals surface area (Å²) in [5, 5.41) is 9.95. The quantitative estimate of drug-likeness (QED) is 0.891. The Labute approximate surface area is 130 Å². The molecule has 0 aliphatic carbocycles. The van der Waals surface area contributed by atoms with Crippen molar-refractivity contribution in [2.75, 3.05) is 14.2 Å².